The molecule has 1 fully saturated rings. The molecule has 1 aromatic heterocycles. The van der Waals surface area contributed by atoms with E-state index in [0.29, 0.717) is 18.1 Å². The Morgan fingerprint density at radius 3 is 2.72 bits per heavy atom. The molecule has 1 aromatic rings. The number of carbonyl (C=O) groups excluding carboxylic acids is 2. The molecule has 0 spiro atoms. The van der Waals surface area contributed by atoms with Gasteiger partial charge in [-0.3, -0.25) is 4.79 Å². The fourth-order valence-corrected chi connectivity index (χ4v) is 2.38. The van der Waals surface area contributed by atoms with Crippen LogP contribution in [0.25, 0.3) is 0 Å². The van der Waals surface area contributed by atoms with E-state index in [2.05, 4.69) is 4.98 Å². The van der Waals surface area contributed by atoms with Crippen LogP contribution < -0.4 is 0 Å². The van der Waals surface area contributed by atoms with Crippen LogP contribution in [0.2, 0.25) is 0 Å². The number of carbonyl (C=O) groups is 2. The van der Waals surface area contributed by atoms with Crippen LogP contribution >= 0.6 is 11.3 Å². The van der Waals surface area contributed by atoms with Crippen LogP contribution in [0.5, 0.6) is 0 Å². The summed E-state index contributed by atoms with van der Waals surface area (Å²) >= 11 is 1.33. The Morgan fingerprint density at radius 2 is 2.22 bits per heavy atom. The van der Waals surface area contributed by atoms with E-state index in [1.807, 2.05) is 26.2 Å². The molecular weight excluding hydrogens is 252 g/mol. The van der Waals surface area contributed by atoms with Crippen molar-refractivity contribution in [1.29, 1.82) is 0 Å². The van der Waals surface area contributed by atoms with E-state index >= 15 is 0 Å². The summed E-state index contributed by atoms with van der Waals surface area (Å²) < 4.78 is 5.27. The highest BCUT2D eigenvalue weighted by Gasteiger charge is 2.35. The Morgan fingerprint density at radius 1 is 1.56 bits per heavy atom. The lowest BCUT2D eigenvalue weighted by molar-refractivity contribution is 0.00790. The van der Waals surface area contributed by atoms with Crippen LogP contribution in [0.4, 0.5) is 4.79 Å². The predicted molar refractivity (Wildman–Crippen MR) is 68.0 cm³/mol. The number of likely N-dealkylation sites (tertiary alicyclic amines) is 1. The summed E-state index contributed by atoms with van der Waals surface area (Å²) in [6.07, 6.45) is 0.461. The van der Waals surface area contributed by atoms with Crippen LogP contribution in [0.3, 0.4) is 0 Å². The third kappa shape index (κ3) is 2.87. The molecule has 6 heteroatoms. The molecule has 2 heterocycles. The maximum absolute atomic E-state index is 11.7. The van der Waals surface area contributed by atoms with Crippen LogP contribution in [-0.4, -0.2) is 41.0 Å². The lowest BCUT2D eigenvalue weighted by atomic mass is 9.98. The van der Waals surface area contributed by atoms with Crippen LogP contribution in [0.15, 0.2) is 5.38 Å². The van der Waals surface area contributed by atoms with Crippen molar-refractivity contribution < 1.29 is 14.3 Å². The minimum atomic E-state index is -0.465. The van der Waals surface area contributed by atoms with E-state index in [0.717, 1.165) is 12.0 Å². The molecule has 0 aliphatic carbocycles. The van der Waals surface area contributed by atoms with Gasteiger partial charge in [0.2, 0.25) is 0 Å². The Balaban J connectivity index is 1.87. The van der Waals surface area contributed by atoms with Crippen molar-refractivity contribution in [3.05, 3.63) is 16.1 Å². The molecule has 0 bridgehead atoms. The fraction of sp³-hybridized carbons (Fsp3) is 0.583. The Labute approximate surface area is 110 Å². The first-order chi connectivity index (χ1) is 8.39. The zero-order valence-corrected chi connectivity index (χ0v) is 11.5. The molecule has 0 aromatic carbocycles. The monoisotopic (exact) mass is 268 g/mol. The molecule has 1 aliphatic rings. The average Bonchev–Trinajstić information content (AvgIpc) is 2.60. The number of rotatable bonds is 2. The largest absolute Gasteiger partial charge is 0.444 e. The van der Waals surface area contributed by atoms with E-state index in [-0.39, 0.29) is 12.0 Å². The molecule has 0 saturated carbocycles. The number of hydrogen-bond acceptors (Lipinski definition) is 5. The molecule has 98 valence electrons. The lowest BCUT2D eigenvalue weighted by Gasteiger charge is -2.39. The number of amides is 1. The number of thiazole rings is 1. The van der Waals surface area contributed by atoms with Gasteiger partial charge in [-0.2, -0.15) is 0 Å². The van der Waals surface area contributed by atoms with Gasteiger partial charge in [0.15, 0.2) is 11.3 Å². The van der Waals surface area contributed by atoms with Crippen molar-refractivity contribution >= 4 is 23.7 Å². The normalized spacial score (nSPS) is 16.3. The summed E-state index contributed by atoms with van der Waals surface area (Å²) in [5, 5.41) is 2.36. The van der Waals surface area contributed by atoms with E-state index < -0.39 is 5.60 Å². The third-order valence-electron chi connectivity index (χ3n) is 2.59. The summed E-state index contributed by atoms with van der Waals surface area (Å²) in [7, 11) is 0. The third-order valence-corrected chi connectivity index (χ3v) is 3.38. The summed E-state index contributed by atoms with van der Waals surface area (Å²) in [6.45, 7) is 6.75. The number of aldehydes is 1. The van der Waals surface area contributed by atoms with Crippen molar-refractivity contribution in [2.24, 2.45) is 0 Å². The molecule has 1 aliphatic heterocycles. The molecule has 0 atom stereocenters. The molecule has 18 heavy (non-hydrogen) atoms. The van der Waals surface area contributed by atoms with Gasteiger partial charge in [-0.25, -0.2) is 9.78 Å². The van der Waals surface area contributed by atoms with Crippen molar-refractivity contribution in [2.45, 2.75) is 32.3 Å². The summed E-state index contributed by atoms with van der Waals surface area (Å²) in [5.41, 5.74) is 0.426. The van der Waals surface area contributed by atoms with E-state index in [1.165, 1.54) is 11.3 Å². The Kier molecular flexibility index (Phi) is 3.38. The second-order valence-electron chi connectivity index (χ2n) is 5.31. The van der Waals surface area contributed by atoms with Gasteiger partial charge in [-0.1, -0.05) is 0 Å². The molecule has 2 rings (SSSR count). The van der Waals surface area contributed by atoms with E-state index in [4.69, 9.17) is 4.74 Å². The van der Waals surface area contributed by atoms with Crippen molar-refractivity contribution in [3.63, 3.8) is 0 Å². The number of hydrogen-bond donors (Lipinski definition) is 0. The zero-order chi connectivity index (χ0) is 13.3. The Bertz CT molecular complexity index is 458. The standard InChI is InChI=1S/C12H16N2O3S/c1-12(2,3)17-11(16)14-4-8(5-14)9-7-18-10(6-15)13-9/h6-8H,4-5H2,1-3H3. The van der Waals surface area contributed by atoms with Crippen LogP contribution in [0.1, 0.15) is 42.2 Å². The fourth-order valence-electron chi connectivity index (χ4n) is 1.68. The number of aromatic nitrogens is 1. The van der Waals surface area contributed by atoms with Crippen molar-refractivity contribution in [2.75, 3.05) is 13.1 Å². The highest BCUT2D eigenvalue weighted by atomic mass is 32.1. The molecular formula is C12H16N2O3S. The van der Waals surface area contributed by atoms with Crippen molar-refractivity contribution in [3.8, 4) is 0 Å². The first-order valence-electron chi connectivity index (χ1n) is 5.77. The summed E-state index contributed by atoms with van der Waals surface area (Å²) in [5.74, 6) is 0.225. The second-order valence-corrected chi connectivity index (χ2v) is 6.20. The molecule has 0 unspecified atom stereocenters. The highest BCUT2D eigenvalue weighted by molar-refractivity contribution is 7.11. The smallest absolute Gasteiger partial charge is 0.410 e. The maximum atomic E-state index is 11.7. The van der Waals surface area contributed by atoms with Crippen molar-refractivity contribution in [1.82, 2.24) is 9.88 Å². The maximum Gasteiger partial charge on any atom is 0.410 e. The van der Waals surface area contributed by atoms with Gasteiger partial charge in [0, 0.05) is 24.4 Å². The minimum absolute atomic E-state index is 0.225. The average molecular weight is 268 g/mol. The summed E-state index contributed by atoms with van der Waals surface area (Å²) in [6, 6.07) is 0. The molecule has 1 saturated heterocycles. The predicted octanol–water partition coefficient (Wildman–Crippen LogP) is 2.29. The SMILES string of the molecule is CC(C)(C)OC(=O)N1CC(c2csc(C=O)n2)C1. The van der Waals surface area contributed by atoms with Crippen LogP contribution in [-0.2, 0) is 4.74 Å². The van der Waals surface area contributed by atoms with Gasteiger partial charge in [0.1, 0.15) is 5.60 Å². The second kappa shape index (κ2) is 4.68. The van der Waals surface area contributed by atoms with Gasteiger partial charge in [-0.15, -0.1) is 11.3 Å². The van der Waals surface area contributed by atoms with Gasteiger partial charge in [-0.05, 0) is 20.8 Å². The van der Waals surface area contributed by atoms with Crippen LogP contribution in [0, 0.1) is 0 Å². The Hall–Kier alpha value is -1.43. The van der Waals surface area contributed by atoms with Gasteiger partial charge < -0.3 is 9.64 Å². The number of nitrogens with zero attached hydrogens (tertiary/aromatic N) is 2. The quantitative estimate of drug-likeness (QED) is 0.772. The summed E-state index contributed by atoms with van der Waals surface area (Å²) in [4.78, 5) is 28.1. The number of ether oxygens (including phenoxy) is 1. The van der Waals surface area contributed by atoms with Gasteiger partial charge in [0.05, 0.1) is 5.69 Å². The van der Waals surface area contributed by atoms with E-state index in [9.17, 15) is 9.59 Å². The zero-order valence-electron chi connectivity index (χ0n) is 10.7. The first kappa shape index (κ1) is 13.0. The van der Waals surface area contributed by atoms with Gasteiger partial charge >= 0.3 is 6.09 Å². The highest BCUT2D eigenvalue weighted by Crippen LogP contribution is 2.28. The molecule has 0 radical (unpaired) electrons. The lowest BCUT2D eigenvalue weighted by Crippen LogP contribution is -2.50. The first-order valence-corrected chi connectivity index (χ1v) is 6.65. The minimum Gasteiger partial charge on any atom is -0.444 e. The molecule has 5 nitrogen and oxygen atoms in total. The molecule has 0 N–H and O–H groups in total. The van der Waals surface area contributed by atoms with E-state index in [1.54, 1.807) is 4.90 Å². The topological polar surface area (TPSA) is 59.5 Å². The van der Waals surface area contributed by atoms with Gasteiger partial charge in [0.25, 0.3) is 0 Å². The molecule has 1 amide bonds.